The molecule has 1 aliphatic rings. The first-order valence-electron chi connectivity index (χ1n) is 20.9. The quantitative estimate of drug-likeness (QED) is 0.143. The summed E-state index contributed by atoms with van der Waals surface area (Å²) < 4.78 is 0. The van der Waals surface area contributed by atoms with Gasteiger partial charge in [-0.15, -0.1) is 0 Å². The van der Waals surface area contributed by atoms with Crippen molar-refractivity contribution in [3.05, 3.63) is 265 Å². The average molecular weight is 793 g/mol. The van der Waals surface area contributed by atoms with E-state index in [0.717, 1.165) is 33.6 Å². The Bertz CT molecular complexity index is 3010. The number of benzene rings is 8. The van der Waals surface area contributed by atoms with Crippen molar-refractivity contribution in [2.24, 2.45) is 0 Å². The molecule has 1 aliphatic heterocycles. The minimum atomic E-state index is -3.22. The van der Waals surface area contributed by atoms with E-state index >= 15 is 0 Å². The number of aromatic nitrogens is 2. The van der Waals surface area contributed by atoms with Crippen LogP contribution in [0, 0.1) is 0 Å². The van der Waals surface area contributed by atoms with Gasteiger partial charge in [0.25, 0.3) is 0 Å². The molecule has 0 saturated carbocycles. The highest BCUT2D eigenvalue weighted by molar-refractivity contribution is 7.29. The molecule has 10 aromatic rings. The highest BCUT2D eigenvalue weighted by atomic mass is 28.3. The molecule has 0 spiro atoms. The maximum Gasteiger partial charge on any atom is 0.182 e. The molecule has 8 aromatic carbocycles. The van der Waals surface area contributed by atoms with E-state index in [4.69, 9.17) is 9.97 Å². The van der Waals surface area contributed by atoms with Crippen molar-refractivity contribution in [3.63, 3.8) is 0 Å². The molecule has 0 bridgehead atoms. The number of pyridine rings is 2. The zero-order valence-corrected chi connectivity index (χ0v) is 34.5. The molecule has 0 unspecified atom stereocenters. The van der Waals surface area contributed by atoms with Gasteiger partial charge in [0.15, 0.2) is 8.07 Å². The van der Waals surface area contributed by atoms with Crippen LogP contribution in [0.5, 0.6) is 0 Å². The SMILES string of the molecule is c1ccc(C2=C(c3ccc(-c4cccc5ccccc45)nc3)[Si](c3ccccc3)(c3ccccc3)C(c3ccc(-c4cccc5ccccc45)nc3)=C2c2ccccc2)cc1. The van der Waals surface area contributed by atoms with Crippen LogP contribution in [0.3, 0.4) is 0 Å². The standard InChI is InChI=1S/C58H40N2Si/c1-5-21-43(22-6-1)55-56(44-23-7-2-8-24-44)58(46-36-38-54(60-40-46)52-34-18-26-42-20-14-16-32-50(42)52)61(47-27-9-3-10-28-47,48-29-11-4-12-30-48)57(55)45-35-37-53(59-39-45)51-33-17-25-41-19-13-15-31-49(41)51/h1-40H. The number of hydrogen-bond donors (Lipinski definition) is 0. The van der Waals surface area contributed by atoms with E-state index in [0.29, 0.717) is 0 Å². The van der Waals surface area contributed by atoms with Gasteiger partial charge in [-0.05, 0) is 87.8 Å². The zero-order chi connectivity index (χ0) is 40.6. The Morgan fingerprint density at radius 2 is 0.639 bits per heavy atom. The van der Waals surface area contributed by atoms with E-state index < -0.39 is 8.07 Å². The number of rotatable bonds is 8. The minimum Gasteiger partial charge on any atom is -0.256 e. The molecule has 3 heterocycles. The van der Waals surface area contributed by atoms with Crippen molar-refractivity contribution in [2.45, 2.75) is 0 Å². The monoisotopic (exact) mass is 792 g/mol. The Kier molecular flexibility index (Phi) is 9.22. The van der Waals surface area contributed by atoms with Crippen LogP contribution >= 0.6 is 0 Å². The Hall–Kier alpha value is -7.72. The van der Waals surface area contributed by atoms with Crippen molar-refractivity contribution in [1.82, 2.24) is 9.97 Å². The highest BCUT2D eigenvalue weighted by Gasteiger charge is 2.53. The Labute approximate surface area is 357 Å². The number of allylic oxidation sites excluding steroid dienone is 2. The van der Waals surface area contributed by atoms with Gasteiger partial charge in [-0.1, -0.05) is 218 Å². The second kappa shape index (κ2) is 15.5. The topological polar surface area (TPSA) is 25.8 Å². The Morgan fingerprint density at radius 1 is 0.279 bits per heavy atom. The highest BCUT2D eigenvalue weighted by Crippen LogP contribution is 2.55. The van der Waals surface area contributed by atoms with Crippen molar-refractivity contribution in [3.8, 4) is 22.5 Å². The number of fused-ring (bicyclic) bond motifs is 2. The molecule has 0 amide bonds. The summed E-state index contributed by atoms with van der Waals surface area (Å²) in [5.74, 6) is 0. The second-order valence-corrected chi connectivity index (χ2v) is 19.3. The van der Waals surface area contributed by atoms with Crippen LogP contribution in [0.1, 0.15) is 22.3 Å². The molecule has 3 heteroatoms. The summed E-state index contributed by atoms with van der Waals surface area (Å²) >= 11 is 0. The van der Waals surface area contributed by atoms with Crippen LogP contribution in [0.2, 0.25) is 0 Å². The van der Waals surface area contributed by atoms with Gasteiger partial charge < -0.3 is 0 Å². The molecule has 0 N–H and O–H groups in total. The maximum atomic E-state index is 5.35. The summed E-state index contributed by atoms with van der Waals surface area (Å²) in [6, 6.07) is 83.7. The normalized spacial score (nSPS) is 13.6. The Morgan fingerprint density at radius 3 is 1.03 bits per heavy atom. The predicted molar refractivity (Wildman–Crippen MR) is 259 cm³/mol. The second-order valence-electron chi connectivity index (χ2n) is 15.6. The largest absolute Gasteiger partial charge is 0.256 e. The first-order chi connectivity index (χ1) is 30.3. The molecule has 0 fully saturated rings. The molecule has 11 rings (SSSR count). The maximum absolute atomic E-state index is 5.35. The van der Waals surface area contributed by atoms with Crippen molar-refractivity contribution < 1.29 is 0 Å². The lowest BCUT2D eigenvalue weighted by Gasteiger charge is -2.36. The summed E-state index contributed by atoms with van der Waals surface area (Å²) in [6.45, 7) is 0. The summed E-state index contributed by atoms with van der Waals surface area (Å²) in [4.78, 5) is 10.7. The van der Waals surface area contributed by atoms with Gasteiger partial charge >= 0.3 is 0 Å². The average Bonchev–Trinajstić information content (AvgIpc) is 3.68. The molecule has 286 valence electrons. The van der Waals surface area contributed by atoms with Gasteiger partial charge in [-0.25, -0.2) is 0 Å². The van der Waals surface area contributed by atoms with Crippen molar-refractivity contribution >= 4 is 61.5 Å². The summed E-state index contributed by atoms with van der Waals surface area (Å²) in [7, 11) is -3.22. The van der Waals surface area contributed by atoms with E-state index in [2.05, 4.69) is 243 Å². The van der Waals surface area contributed by atoms with Gasteiger partial charge in [0.1, 0.15) is 0 Å². The zero-order valence-electron chi connectivity index (χ0n) is 33.5. The van der Waals surface area contributed by atoms with Crippen LogP contribution in [0.15, 0.2) is 243 Å². The fourth-order valence-corrected chi connectivity index (χ4v) is 15.3. The minimum absolute atomic E-state index is 0.955. The third kappa shape index (κ3) is 6.18. The lowest BCUT2D eigenvalue weighted by Crippen LogP contribution is -2.59. The predicted octanol–water partition coefficient (Wildman–Crippen LogP) is 13.0. The van der Waals surface area contributed by atoms with Gasteiger partial charge in [-0.2, -0.15) is 0 Å². The van der Waals surface area contributed by atoms with Crippen LogP contribution in [0.4, 0.5) is 0 Å². The third-order valence-corrected chi connectivity index (χ3v) is 17.3. The lowest BCUT2D eigenvalue weighted by molar-refractivity contribution is 1.31. The lowest BCUT2D eigenvalue weighted by atomic mass is 9.89. The smallest absolute Gasteiger partial charge is 0.182 e. The van der Waals surface area contributed by atoms with E-state index in [1.54, 1.807) is 0 Å². The van der Waals surface area contributed by atoms with Crippen LogP contribution < -0.4 is 10.4 Å². The van der Waals surface area contributed by atoms with Gasteiger partial charge in [0.05, 0.1) is 11.4 Å². The van der Waals surface area contributed by atoms with Crippen LogP contribution in [-0.4, -0.2) is 18.0 Å². The van der Waals surface area contributed by atoms with E-state index in [9.17, 15) is 0 Å². The van der Waals surface area contributed by atoms with Crippen molar-refractivity contribution in [1.29, 1.82) is 0 Å². The summed E-state index contributed by atoms with van der Waals surface area (Å²) in [6.07, 6.45) is 4.27. The first-order valence-corrected chi connectivity index (χ1v) is 22.9. The molecular formula is C58H40N2Si. The molecular weight excluding hydrogens is 753 g/mol. The van der Waals surface area contributed by atoms with Crippen molar-refractivity contribution in [2.75, 3.05) is 0 Å². The Balaban J connectivity index is 1.24. The number of hydrogen-bond acceptors (Lipinski definition) is 2. The van der Waals surface area contributed by atoms with Crippen LogP contribution in [-0.2, 0) is 0 Å². The van der Waals surface area contributed by atoms with E-state index in [1.165, 1.54) is 64.6 Å². The fraction of sp³-hybridized carbons (Fsp3) is 0. The molecule has 0 radical (unpaired) electrons. The van der Waals surface area contributed by atoms with E-state index in [1.807, 2.05) is 0 Å². The molecule has 2 aromatic heterocycles. The summed E-state index contributed by atoms with van der Waals surface area (Å²) in [5.41, 5.74) is 11.2. The number of nitrogens with zero attached hydrogens (tertiary/aromatic N) is 2. The molecule has 61 heavy (non-hydrogen) atoms. The molecule has 0 atom stereocenters. The first kappa shape index (κ1) is 36.4. The molecule has 0 saturated heterocycles. The molecule has 0 aliphatic carbocycles. The summed E-state index contributed by atoms with van der Waals surface area (Å²) in [5, 5.41) is 10.1. The van der Waals surface area contributed by atoms with Crippen LogP contribution in [0.25, 0.3) is 65.6 Å². The van der Waals surface area contributed by atoms with Gasteiger partial charge in [0.2, 0.25) is 0 Å². The third-order valence-electron chi connectivity index (χ3n) is 12.3. The fourth-order valence-electron chi connectivity index (χ4n) is 9.68. The van der Waals surface area contributed by atoms with E-state index in [-0.39, 0.29) is 0 Å². The van der Waals surface area contributed by atoms with Gasteiger partial charge in [-0.3, -0.25) is 9.97 Å². The van der Waals surface area contributed by atoms with Gasteiger partial charge in [0, 0.05) is 23.5 Å². The molecule has 2 nitrogen and oxygen atoms in total.